The monoisotopic (exact) mass is 535 g/mol. The first kappa shape index (κ1) is 26.9. The zero-order chi connectivity index (χ0) is 27.7. The first-order valence-electron chi connectivity index (χ1n) is 13.1. The predicted molar refractivity (Wildman–Crippen MR) is 142 cm³/mol. The molecule has 39 heavy (non-hydrogen) atoms. The van der Waals surface area contributed by atoms with Gasteiger partial charge in [0.1, 0.15) is 5.82 Å². The normalized spacial score (nSPS) is 24.5. The van der Waals surface area contributed by atoms with Crippen LogP contribution in [0.5, 0.6) is 0 Å². The van der Waals surface area contributed by atoms with E-state index in [0.29, 0.717) is 47.3 Å². The number of nitriles is 1. The van der Waals surface area contributed by atoms with Gasteiger partial charge in [0.2, 0.25) is 0 Å². The summed E-state index contributed by atoms with van der Waals surface area (Å²) in [6.07, 6.45) is -2.30. The molecule has 4 nitrogen and oxygen atoms in total. The lowest BCUT2D eigenvalue weighted by atomic mass is 9.58. The van der Waals surface area contributed by atoms with Crippen molar-refractivity contribution in [3.8, 4) is 6.07 Å². The van der Waals surface area contributed by atoms with Crippen molar-refractivity contribution in [1.82, 2.24) is 0 Å². The van der Waals surface area contributed by atoms with E-state index in [2.05, 4.69) is 11.4 Å². The van der Waals surface area contributed by atoms with Crippen molar-refractivity contribution in [3.63, 3.8) is 0 Å². The van der Waals surface area contributed by atoms with Crippen molar-refractivity contribution in [2.75, 3.05) is 5.32 Å². The van der Waals surface area contributed by atoms with Crippen molar-refractivity contribution in [1.29, 1.82) is 10.7 Å². The molecule has 0 heterocycles. The quantitative estimate of drug-likeness (QED) is 0.248. The molecule has 3 aromatic rings. The van der Waals surface area contributed by atoms with Crippen LogP contribution in [0, 0.1) is 28.5 Å². The third kappa shape index (κ3) is 5.04. The number of alkyl halides is 3. The summed E-state index contributed by atoms with van der Waals surface area (Å²) in [5.41, 5.74) is 0.615. The van der Waals surface area contributed by atoms with Gasteiger partial charge in [-0.3, -0.25) is 0 Å². The summed E-state index contributed by atoms with van der Waals surface area (Å²) in [5, 5.41) is 21.8. The predicted octanol–water partition coefficient (Wildman–Crippen LogP) is 7.98. The SMILES string of the molecule is N#CC12CC[C@](OCc3ccccc3)(C(F)(F)F)C[C@H]1CCCc1cc(Nc3ccc(F)cc3)c(C=N)cc12. The maximum atomic E-state index is 14.6. The van der Waals surface area contributed by atoms with Crippen LogP contribution in [0.2, 0.25) is 0 Å². The van der Waals surface area contributed by atoms with E-state index in [-0.39, 0.29) is 31.7 Å². The highest BCUT2D eigenvalue weighted by Gasteiger charge is 2.63. The Morgan fingerprint density at radius 2 is 1.82 bits per heavy atom. The highest BCUT2D eigenvalue weighted by atomic mass is 19.4. The summed E-state index contributed by atoms with van der Waals surface area (Å²) in [4.78, 5) is 0. The summed E-state index contributed by atoms with van der Waals surface area (Å²) < 4.78 is 62.9. The molecular formula is C31H29F4N3O. The molecule has 2 aliphatic carbocycles. The molecule has 2 aliphatic rings. The minimum absolute atomic E-state index is 0.0116. The van der Waals surface area contributed by atoms with Crippen molar-refractivity contribution in [2.24, 2.45) is 5.92 Å². The van der Waals surface area contributed by atoms with Gasteiger partial charge < -0.3 is 15.5 Å². The lowest BCUT2D eigenvalue weighted by molar-refractivity contribution is -0.299. The van der Waals surface area contributed by atoms with Gasteiger partial charge in [-0.05, 0) is 97.5 Å². The zero-order valence-electron chi connectivity index (χ0n) is 21.3. The second-order valence-corrected chi connectivity index (χ2v) is 10.5. The molecule has 0 saturated heterocycles. The van der Waals surface area contributed by atoms with E-state index in [1.807, 2.05) is 6.07 Å². The first-order valence-corrected chi connectivity index (χ1v) is 13.1. The number of nitrogens with one attached hydrogen (secondary N) is 2. The molecule has 1 unspecified atom stereocenters. The minimum Gasteiger partial charge on any atom is -0.361 e. The second-order valence-electron chi connectivity index (χ2n) is 10.5. The molecule has 5 rings (SSSR count). The molecule has 1 saturated carbocycles. The van der Waals surface area contributed by atoms with Crippen LogP contribution in [0.1, 0.15) is 54.4 Å². The molecule has 8 heteroatoms. The van der Waals surface area contributed by atoms with E-state index in [1.165, 1.54) is 18.3 Å². The molecule has 0 aliphatic heterocycles. The van der Waals surface area contributed by atoms with Crippen LogP contribution in [-0.4, -0.2) is 18.0 Å². The van der Waals surface area contributed by atoms with Gasteiger partial charge in [-0.25, -0.2) is 4.39 Å². The van der Waals surface area contributed by atoms with Crippen LogP contribution in [-0.2, 0) is 23.2 Å². The summed E-state index contributed by atoms with van der Waals surface area (Å²) in [5.74, 6) is -0.916. The van der Waals surface area contributed by atoms with Gasteiger partial charge >= 0.3 is 6.18 Å². The van der Waals surface area contributed by atoms with E-state index in [9.17, 15) is 22.8 Å². The van der Waals surface area contributed by atoms with Gasteiger partial charge in [0, 0.05) is 23.2 Å². The average molecular weight is 536 g/mol. The van der Waals surface area contributed by atoms with E-state index >= 15 is 0 Å². The average Bonchev–Trinajstić information content (AvgIpc) is 3.08. The Labute approximate surface area is 225 Å². The molecule has 0 radical (unpaired) electrons. The fourth-order valence-electron chi connectivity index (χ4n) is 6.19. The molecule has 3 aromatic carbocycles. The Hall–Kier alpha value is -3.70. The summed E-state index contributed by atoms with van der Waals surface area (Å²) in [7, 11) is 0. The lowest BCUT2D eigenvalue weighted by Gasteiger charge is -2.49. The first-order chi connectivity index (χ1) is 18.7. The third-order valence-electron chi connectivity index (χ3n) is 8.30. The molecule has 3 atom stereocenters. The van der Waals surface area contributed by atoms with Gasteiger partial charge in [-0.1, -0.05) is 30.3 Å². The van der Waals surface area contributed by atoms with Crippen molar-refractivity contribution < 1.29 is 22.3 Å². The number of hydrogen-bond acceptors (Lipinski definition) is 4. The van der Waals surface area contributed by atoms with Gasteiger partial charge in [0.05, 0.1) is 18.1 Å². The summed E-state index contributed by atoms with van der Waals surface area (Å²) in [6, 6.07) is 20.8. The Balaban J connectivity index is 1.50. The van der Waals surface area contributed by atoms with Crippen LogP contribution in [0.15, 0.2) is 66.7 Å². The van der Waals surface area contributed by atoms with E-state index in [1.54, 1.807) is 48.5 Å². The molecule has 0 aromatic heterocycles. The van der Waals surface area contributed by atoms with Crippen LogP contribution in [0.25, 0.3) is 0 Å². The fraction of sp³-hybridized carbons (Fsp3) is 0.355. The van der Waals surface area contributed by atoms with E-state index < -0.39 is 23.1 Å². The third-order valence-corrected chi connectivity index (χ3v) is 8.30. The fourth-order valence-corrected chi connectivity index (χ4v) is 6.19. The smallest absolute Gasteiger partial charge is 0.361 e. The number of rotatable bonds is 6. The van der Waals surface area contributed by atoms with Gasteiger partial charge in [0.15, 0.2) is 5.60 Å². The zero-order valence-corrected chi connectivity index (χ0v) is 21.3. The van der Waals surface area contributed by atoms with E-state index in [4.69, 9.17) is 10.1 Å². The number of nitrogens with zero attached hydrogens (tertiary/aromatic N) is 1. The van der Waals surface area contributed by atoms with Crippen molar-refractivity contribution >= 4 is 17.6 Å². The number of aryl methyl sites for hydroxylation is 1. The highest BCUT2D eigenvalue weighted by molar-refractivity contribution is 5.88. The standard InChI is InChI=1S/C31H29F4N3O/c32-25-9-11-26(12-10-25)38-28-16-22-7-4-8-24-17-30(31(33,34)35,39-19-21-5-2-1-3-6-21)14-13-29(24,20-37)27(22)15-23(28)18-36/h1-3,5-6,9-12,15-16,18,24,36,38H,4,7-8,13-14,17,19H2/t24-,29?,30-/m1/s1. The largest absolute Gasteiger partial charge is 0.417 e. The maximum Gasteiger partial charge on any atom is 0.417 e. The molecular weight excluding hydrogens is 506 g/mol. The number of halogens is 4. The highest BCUT2D eigenvalue weighted by Crippen LogP contribution is 2.57. The van der Waals surface area contributed by atoms with Crippen molar-refractivity contribution in [3.05, 3.63) is 94.8 Å². The molecule has 2 N–H and O–H groups in total. The number of fused-ring (bicyclic) bond motifs is 3. The van der Waals surface area contributed by atoms with Crippen LogP contribution in [0.4, 0.5) is 28.9 Å². The van der Waals surface area contributed by atoms with Crippen LogP contribution >= 0.6 is 0 Å². The van der Waals surface area contributed by atoms with E-state index in [0.717, 1.165) is 5.56 Å². The Morgan fingerprint density at radius 3 is 2.49 bits per heavy atom. The maximum absolute atomic E-state index is 14.6. The molecule has 0 spiro atoms. The Bertz CT molecular complexity index is 1380. The number of hydrogen-bond donors (Lipinski definition) is 2. The van der Waals surface area contributed by atoms with Gasteiger partial charge in [-0.15, -0.1) is 0 Å². The van der Waals surface area contributed by atoms with Crippen LogP contribution < -0.4 is 5.32 Å². The number of benzene rings is 3. The van der Waals surface area contributed by atoms with Gasteiger partial charge in [-0.2, -0.15) is 18.4 Å². The Morgan fingerprint density at radius 1 is 1.08 bits per heavy atom. The van der Waals surface area contributed by atoms with Gasteiger partial charge in [0.25, 0.3) is 0 Å². The molecule has 202 valence electrons. The minimum atomic E-state index is -4.58. The molecule has 0 bridgehead atoms. The molecule has 0 amide bonds. The topological polar surface area (TPSA) is 68.9 Å². The summed E-state index contributed by atoms with van der Waals surface area (Å²) >= 11 is 0. The Kier molecular flexibility index (Phi) is 7.21. The van der Waals surface area contributed by atoms with Crippen molar-refractivity contribution in [2.45, 2.75) is 62.3 Å². The lowest BCUT2D eigenvalue weighted by Crippen LogP contribution is -2.56. The summed E-state index contributed by atoms with van der Waals surface area (Å²) in [6.45, 7) is -0.153. The molecule has 1 fully saturated rings. The second kappa shape index (κ2) is 10.5. The van der Waals surface area contributed by atoms with Crippen LogP contribution in [0.3, 0.4) is 0 Å². The number of anilines is 2. The number of ether oxygens (including phenoxy) is 1.